The molecule has 21 heavy (non-hydrogen) atoms. The summed E-state index contributed by atoms with van der Waals surface area (Å²) in [6.45, 7) is 6.76. The van der Waals surface area contributed by atoms with E-state index in [1.165, 1.54) is 12.8 Å². The number of hydrogen-bond acceptors (Lipinski definition) is 4. The summed E-state index contributed by atoms with van der Waals surface area (Å²) in [6, 6.07) is 2.90. The number of amides is 1. The Kier molecular flexibility index (Phi) is 4.29. The van der Waals surface area contributed by atoms with Crippen LogP contribution in [-0.4, -0.2) is 46.0 Å². The van der Waals surface area contributed by atoms with Gasteiger partial charge in [-0.05, 0) is 39.2 Å². The van der Waals surface area contributed by atoms with Gasteiger partial charge in [-0.15, -0.1) is 0 Å². The lowest BCUT2D eigenvalue weighted by Gasteiger charge is -2.34. The second kappa shape index (κ2) is 6.18. The Morgan fingerprint density at radius 3 is 2.81 bits per heavy atom. The number of hydrogen-bond donors (Lipinski definition) is 0. The molecule has 2 aliphatic rings. The van der Waals surface area contributed by atoms with Crippen LogP contribution in [-0.2, 0) is 11.3 Å². The molecule has 0 unspecified atom stereocenters. The van der Waals surface area contributed by atoms with Crippen molar-refractivity contribution in [3.63, 3.8) is 0 Å². The van der Waals surface area contributed by atoms with Gasteiger partial charge in [-0.1, -0.05) is 12.1 Å². The molecule has 1 aromatic heterocycles. The Morgan fingerprint density at radius 2 is 2.10 bits per heavy atom. The maximum Gasteiger partial charge on any atom is 0.222 e. The summed E-state index contributed by atoms with van der Waals surface area (Å²) in [4.78, 5) is 16.7. The zero-order valence-corrected chi connectivity index (χ0v) is 13.0. The Balaban J connectivity index is 1.69. The Hall–Kier alpha value is -1.36. The van der Waals surface area contributed by atoms with E-state index in [9.17, 15) is 4.79 Å². The fraction of sp³-hybridized carbons (Fsp3) is 0.750. The first-order chi connectivity index (χ1) is 10.2. The Morgan fingerprint density at radius 1 is 1.33 bits per heavy atom. The van der Waals surface area contributed by atoms with E-state index >= 15 is 0 Å². The molecule has 1 aromatic rings. The maximum absolute atomic E-state index is 12.1. The molecule has 0 saturated carbocycles. The van der Waals surface area contributed by atoms with Crippen LogP contribution in [0.4, 0.5) is 0 Å². The van der Waals surface area contributed by atoms with E-state index in [1.54, 1.807) is 0 Å². The second-order valence-corrected chi connectivity index (χ2v) is 6.26. The number of aromatic nitrogens is 1. The summed E-state index contributed by atoms with van der Waals surface area (Å²) < 4.78 is 5.17. The fourth-order valence-electron chi connectivity index (χ4n) is 3.89. The van der Waals surface area contributed by atoms with Gasteiger partial charge >= 0.3 is 0 Å². The van der Waals surface area contributed by atoms with Gasteiger partial charge in [0.15, 0.2) is 0 Å². The van der Waals surface area contributed by atoms with Crippen LogP contribution in [0.25, 0.3) is 0 Å². The zero-order chi connectivity index (χ0) is 14.8. The highest BCUT2D eigenvalue weighted by atomic mass is 16.5. The van der Waals surface area contributed by atoms with Gasteiger partial charge in [-0.2, -0.15) is 0 Å². The molecule has 0 radical (unpaired) electrons. The third-order valence-corrected chi connectivity index (χ3v) is 4.82. The van der Waals surface area contributed by atoms with E-state index in [1.807, 2.05) is 19.9 Å². The van der Waals surface area contributed by atoms with Crippen LogP contribution in [0, 0.1) is 6.92 Å². The van der Waals surface area contributed by atoms with Gasteiger partial charge < -0.3 is 9.42 Å². The topological polar surface area (TPSA) is 49.6 Å². The highest BCUT2D eigenvalue weighted by Crippen LogP contribution is 2.31. The van der Waals surface area contributed by atoms with Gasteiger partial charge in [0.05, 0.1) is 5.69 Å². The molecule has 0 aromatic carbocycles. The molecular formula is C16H25N3O2. The van der Waals surface area contributed by atoms with Crippen molar-refractivity contribution in [3.05, 3.63) is 17.5 Å². The highest BCUT2D eigenvalue weighted by molar-refractivity contribution is 5.76. The molecule has 1 amide bonds. The molecule has 116 valence electrons. The lowest BCUT2D eigenvalue weighted by Crippen LogP contribution is -2.47. The molecule has 2 aliphatic heterocycles. The van der Waals surface area contributed by atoms with Gasteiger partial charge in [0, 0.05) is 37.7 Å². The lowest BCUT2D eigenvalue weighted by molar-refractivity contribution is -0.132. The number of carbonyl (C=O) groups is 1. The minimum atomic E-state index is 0.307. The predicted octanol–water partition coefficient (Wildman–Crippen LogP) is 2.35. The normalized spacial score (nSPS) is 26.7. The van der Waals surface area contributed by atoms with Crippen LogP contribution in [0.15, 0.2) is 10.6 Å². The van der Waals surface area contributed by atoms with Gasteiger partial charge in [0.25, 0.3) is 0 Å². The molecule has 0 spiro atoms. The fourth-order valence-corrected chi connectivity index (χ4v) is 3.89. The van der Waals surface area contributed by atoms with Crippen molar-refractivity contribution in [3.8, 4) is 0 Å². The zero-order valence-electron chi connectivity index (χ0n) is 13.0. The molecule has 5 heteroatoms. The molecule has 0 N–H and O–H groups in total. The molecule has 3 heterocycles. The smallest absolute Gasteiger partial charge is 0.222 e. The number of nitrogens with zero attached hydrogens (tertiary/aromatic N) is 3. The number of aryl methyl sites for hydroxylation is 1. The molecule has 2 atom stereocenters. The quantitative estimate of drug-likeness (QED) is 0.854. The summed E-state index contributed by atoms with van der Waals surface area (Å²) in [5, 5.41) is 4.11. The van der Waals surface area contributed by atoms with Crippen molar-refractivity contribution >= 4 is 5.91 Å². The molecule has 2 saturated heterocycles. The minimum Gasteiger partial charge on any atom is -0.361 e. The molecular weight excluding hydrogens is 266 g/mol. The summed E-state index contributed by atoms with van der Waals surface area (Å²) in [5.41, 5.74) is 1.01. The van der Waals surface area contributed by atoms with E-state index < -0.39 is 0 Å². The maximum atomic E-state index is 12.1. The SMILES string of the molecule is CCC(=O)N1CCC[C@@H]1[C@H]1CCCN1Cc1cc(C)on1. The molecule has 0 bridgehead atoms. The summed E-state index contributed by atoms with van der Waals surface area (Å²) >= 11 is 0. The summed E-state index contributed by atoms with van der Waals surface area (Å²) in [6.07, 6.45) is 5.31. The highest BCUT2D eigenvalue weighted by Gasteiger charge is 2.39. The van der Waals surface area contributed by atoms with Crippen LogP contribution < -0.4 is 0 Å². The number of carbonyl (C=O) groups excluding carboxylic acids is 1. The van der Waals surface area contributed by atoms with E-state index in [2.05, 4.69) is 15.0 Å². The number of likely N-dealkylation sites (tertiary alicyclic amines) is 2. The predicted molar refractivity (Wildman–Crippen MR) is 79.7 cm³/mol. The van der Waals surface area contributed by atoms with Crippen molar-refractivity contribution in [2.45, 2.75) is 64.6 Å². The Bertz CT molecular complexity index is 499. The molecule has 5 nitrogen and oxygen atoms in total. The van der Waals surface area contributed by atoms with Crippen LogP contribution in [0.2, 0.25) is 0 Å². The van der Waals surface area contributed by atoms with Crippen LogP contribution in [0.1, 0.15) is 50.5 Å². The monoisotopic (exact) mass is 291 g/mol. The van der Waals surface area contributed by atoms with E-state index in [4.69, 9.17) is 4.52 Å². The largest absolute Gasteiger partial charge is 0.361 e. The van der Waals surface area contributed by atoms with Crippen LogP contribution >= 0.6 is 0 Å². The first-order valence-corrected chi connectivity index (χ1v) is 8.14. The van der Waals surface area contributed by atoms with Crippen molar-refractivity contribution in [1.29, 1.82) is 0 Å². The van der Waals surface area contributed by atoms with Crippen molar-refractivity contribution in [1.82, 2.24) is 15.0 Å². The van der Waals surface area contributed by atoms with Crippen molar-refractivity contribution < 1.29 is 9.32 Å². The third-order valence-electron chi connectivity index (χ3n) is 4.82. The van der Waals surface area contributed by atoms with Crippen molar-refractivity contribution in [2.24, 2.45) is 0 Å². The minimum absolute atomic E-state index is 0.307. The van der Waals surface area contributed by atoms with Crippen LogP contribution in [0.5, 0.6) is 0 Å². The third kappa shape index (κ3) is 2.98. The van der Waals surface area contributed by atoms with E-state index in [0.717, 1.165) is 43.9 Å². The first kappa shape index (κ1) is 14.6. The average Bonchev–Trinajstić information content (AvgIpc) is 3.18. The summed E-state index contributed by atoms with van der Waals surface area (Å²) in [5.74, 6) is 1.17. The van der Waals surface area contributed by atoms with Crippen LogP contribution in [0.3, 0.4) is 0 Å². The molecule has 2 fully saturated rings. The Labute approximate surface area is 126 Å². The van der Waals surface area contributed by atoms with Gasteiger partial charge in [-0.3, -0.25) is 9.69 Å². The van der Waals surface area contributed by atoms with Gasteiger partial charge in [0.2, 0.25) is 5.91 Å². The molecule has 3 rings (SSSR count). The van der Waals surface area contributed by atoms with E-state index in [-0.39, 0.29) is 0 Å². The second-order valence-electron chi connectivity index (χ2n) is 6.26. The lowest BCUT2D eigenvalue weighted by atomic mass is 10.0. The average molecular weight is 291 g/mol. The van der Waals surface area contributed by atoms with Crippen molar-refractivity contribution in [2.75, 3.05) is 13.1 Å². The van der Waals surface area contributed by atoms with E-state index in [0.29, 0.717) is 24.4 Å². The number of rotatable bonds is 4. The molecule has 0 aliphatic carbocycles. The van der Waals surface area contributed by atoms with Gasteiger partial charge in [-0.25, -0.2) is 0 Å². The first-order valence-electron chi connectivity index (χ1n) is 8.14. The van der Waals surface area contributed by atoms with Gasteiger partial charge in [0.1, 0.15) is 5.76 Å². The standard InChI is InChI=1S/C16H25N3O2/c1-3-16(20)19-9-5-7-15(19)14-6-4-8-18(14)11-13-10-12(2)21-17-13/h10,14-15H,3-9,11H2,1-2H3/t14-,15-/m1/s1. The summed E-state index contributed by atoms with van der Waals surface area (Å²) in [7, 11) is 0.